The molecular weight excluding hydrogens is 589 g/mol. The van der Waals surface area contributed by atoms with E-state index in [2.05, 4.69) is 16.0 Å². The second-order valence-electron chi connectivity index (χ2n) is 11.6. The number of nitrogens with two attached hydrogens (primary N) is 1. The molecule has 12 heteroatoms. The van der Waals surface area contributed by atoms with E-state index in [-0.39, 0.29) is 37.8 Å². The molecule has 220 valence electrons. The van der Waals surface area contributed by atoms with E-state index in [1.165, 1.54) is 54.6 Å². The molecule has 1 saturated heterocycles. The number of nitrogens with one attached hydrogen (secondary N) is 3. The van der Waals surface area contributed by atoms with Crippen molar-refractivity contribution in [2.24, 2.45) is 11.1 Å². The molecule has 0 bridgehead atoms. The molecule has 2 heterocycles. The first-order chi connectivity index (χ1) is 19.7. The molecule has 3 amide bonds. The molecule has 0 unspecified atom stereocenters. The van der Waals surface area contributed by atoms with E-state index in [1.807, 2.05) is 20.8 Å². The molecule has 8 nitrogen and oxygen atoms in total. The van der Waals surface area contributed by atoms with Crippen LogP contribution in [0, 0.1) is 17.0 Å². The molecule has 5 N–H and O–H groups in total. The van der Waals surface area contributed by atoms with Gasteiger partial charge in [-0.05, 0) is 59.4 Å². The van der Waals surface area contributed by atoms with Gasteiger partial charge in [0, 0.05) is 17.3 Å². The van der Waals surface area contributed by atoms with Crippen LogP contribution in [0.5, 0.6) is 0 Å². The minimum absolute atomic E-state index is 0.00776. The first-order valence-electron chi connectivity index (χ1n) is 13.1. The molecule has 3 aromatic carbocycles. The fraction of sp³-hybridized carbons (Fsp3) is 0.300. The smallest absolute Gasteiger partial charge is 0.413 e. The predicted octanol–water partition coefficient (Wildman–Crippen LogP) is 6.33. The van der Waals surface area contributed by atoms with Crippen molar-refractivity contribution < 1.29 is 27.9 Å². The Morgan fingerprint density at radius 3 is 2.33 bits per heavy atom. The lowest BCUT2D eigenvalue weighted by molar-refractivity contribution is -0.122. The molecule has 0 saturated carbocycles. The summed E-state index contributed by atoms with van der Waals surface area (Å²) in [4.78, 5) is 38.7. The van der Waals surface area contributed by atoms with Crippen LogP contribution >= 0.6 is 23.2 Å². The number of carbonyl (C=O) groups is 3. The van der Waals surface area contributed by atoms with Crippen molar-refractivity contribution in [3.8, 4) is 0 Å². The van der Waals surface area contributed by atoms with Gasteiger partial charge in [-0.25, -0.2) is 13.6 Å². The summed E-state index contributed by atoms with van der Waals surface area (Å²) < 4.78 is 36.9. The number of hydrogen-bond acceptors (Lipinski definition) is 5. The summed E-state index contributed by atoms with van der Waals surface area (Å²) in [5.41, 5.74) is 4.00. The lowest BCUT2D eigenvalue weighted by Crippen LogP contribution is -2.49. The van der Waals surface area contributed by atoms with E-state index in [4.69, 9.17) is 33.7 Å². The van der Waals surface area contributed by atoms with Crippen molar-refractivity contribution in [1.29, 1.82) is 0 Å². The summed E-state index contributed by atoms with van der Waals surface area (Å²) >= 11 is 12.2. The van der Waals surface area contributed by atoms with Gasteiger partial charge in [-0.2, -0.15) is 0 Å². The van der Waals surface area contributed by atoms with Gasteiger partial charge in [-0.15, -0.1) is 0 Å². The number of amides is 3. The Morgan fingerprint density at radius 2 is 1.69 bits per heavy atom. The Morgan fingerprint density at radius 1 is 1.02 bits per heavy atom. The quantitative estimate of drug-likeness (QED) is 0.267. The summed E-state index contributed by atoms with van der Waals surface area (Å²) in [7, 11) is 0. The Balaban J connectivity index is 1.63. The second-order valence-corrected chi connectivity index (χ2v) is 12.4. The zero-order chi connectivity index (χ0) is 30.6. The van der Waals surface area contributed by atoms with Crippen LogP contribution in [0.15, 0.2) is 54.6 Å². The van der Waals surface area contributed by atoms with Crippen LogP contribution in [0.1, 0.15) is 54.6 Å². The number of benzene rings is 3. The highest BCUT2D eigenvalue weighted by Gasteiger charge is 2.66. The van der Waals surface area contributed by atoms with Gasteiger partial charge in [-0.1, -0.05) is 62.2 Å². The van der Waals surface area contributed by atoms with Gasteiger partial charge in [0.1, 0.15) is 11.2 Å². The lowest BCUT2D eigenvalue weighted by atomic mass is 9.63. The SMILES string of the molecule is CC(C)(C)C[C@@H]1N[C@H](OC(=O)Nc2ccc(C(N)=O)cc2)[C@H](c2cccc(Cl)c2F)[C@]12C(=O)Nc1c2ccc(Cl)c1F. The molecule has 2 aliphatic heterocycles. The standard InChI is InChI=1S/C30H28Cl2F2N4O4/c1-29(2,3)13-20-30(17-11-12-19(32)23(34)24(17)38-27(30)40)21(16-5-4-6-18(31)22(16)33)26(37-20)42-28(41)36-15-9-7-14(8-10-15)25(35)39/h4-12,20-21,26,37H,13H2,1-3H3,(H2,35,39)(H,36,41)(H,38,40)/t20-,21-,26+,30+/m0/s1. The minimum atomic E-state index is -1.62. The van der Waals surface area contributed by atoms with Crippen LogP contribution in [0.4, 0.5) is 25.0 Å². The average Bonchev–Trinajstić information content (AvgIpc) is 3.37. The molecule has 42 heavy (non-hydrogen) atoms. The minimum Gasteiger partial charge on any atom is -0.429 e. The number of primary amides is 1. The van der Waals surface area contributed by atoms with Gasteiger partial charge >= 0.3 is 6.09 Å². The zero-order valence-electron chi connectivity index (χ0n) is 22.9. The normalized spacial score (nSPS) is 23.0. The molecule has 4 atom stereocenters. The van der Waals surface area contributed by atoms with E-state index in [9.17, 15) is 14.4 Å². The van der Waals surface area contributed by atoms with Crippen LogP contribution in [-0.2, 0) is 14.9 Å². The Bertz CT molecular complexity index is 1600. The molecule has 3 aromatic rings. The van der Waals surface area contributed by atoms with Crippen LogP contribution in [-0.4, -0.2) is 30.2 Å². The summed E-state index contributed by atoms with van der Waals surface area (Å²) in [6.07, 6.45) is -1.82. The summed E-state index contributed by atoms with van der Waals surface area (Å²) in [5.74, 6) is -4.02. The van der Waals surface area contributed by atoms with E-state index in [1.54, 1.807) is 0 Å². The topological polar surface area (TPSA) is 123 Å². The van der Waals surface area contributed by atoms with Crippen LogP contribution in [0.25, 0.3) is 0 Å². The summed E-state index contributed by atoms with van der Waals surface area (Å²) in [5, 5.41) is 8.07. The number of rotatable bonds is 5. The van der Waals surface area contributed by atoms with Crippen molar-refractivity contribution in [3.05, 3.63) is 93.0 Å². The van der Waals surface area contributed by atoms with Crippen molar-refractivity contribution in [2.75, 3.05) is 10.6 Å². The average molecular weight is 617 g/mol. The monoisotopic (exact) mass is 616 g/mol. The number of carbonyl (C=O) groups excluding carboxylic acids is 3. The fourth-order valence-electron chi connectivity index (χ4n) is 5.98. The maximum Gasteiger partial charge on any atom is 0.413 e. The number of ether oxygens (including phenoxy) is 1. The number of halogens is 4. The third-order valence-corrected chi connectivity index (χ3v) is 8.23. The van der Waals surface area contributed by atoms with Gasteiger partial charge in [0.2, 0.25) is 11.8 Å². The Hall–Kier alpha value is -3.73. The van der Waals surface area contributed by atoms with Crippen LogP contribution in [0.3, 0.4) is 0 Å². The van der Waals surface area contributed by atoms with Crippen molar-refractivity contribution in [1.82, 2.24) is 5.32 Å². The highest BCUT2D eigenvalue weighted by atomic mass is 35.5. The first kappa shape index (κ1) is 29.8. The van der Waals surface area contributed by atoms with E-state index < -0.39 is 53.1 Å². The highest BCUT2D eigenvalue weighted by Crippen LogP contribution is 2.57. The van der Waals surface area contributed by atoms with Gasteiger partial charge in [0.05, 0.1) is 21.7 Å². The fourth-order valence-corrected chi connectivity index (χ4v) is 6.32. The Kier molecular flexibility index (Phi) is 7.67. The lowest BCUT2D eigenvalue weighted by Gasteiger charge is -2.37. The summed E-state index contributed by atoms with van der Waals surface area (Å²) in [6.45, 7) is 5.89. The van der Waals surface area contributed by atoms with Crippen LogP contribution in [0.2, 0.25) is 10.0 Å². The molecule has 0 aliphatic carbocycles. The molecule has 1 fully saturated rings. The molecule has 0 radical (unpaired) electrons. The maximum absolute atomic E-state index is 15.8. The number of anilines is 2. The van der Waals surface area contributed by atoms with Gasteiger partial charge in [-0.3, -0.25) is 20.2 Å². The van der Waals surface area contributed by atoms with E-state index in [0.29, 0.717) is 12.1 Å². The van der Waals surface area contributed by atoms with Crippen molar-refractivity contribution >= 4 is 52.5 Å². The number of fused-ring (bicyclic) bond motifs is 2. The summed E-state index contributed by atoms with van der Waals surface area (Å²) in [6, 6.07) is 12.3. The first-order valence-corrected chi connectivity index (χ1v) is 13.9. The van der Waals surface area contributed by atoms with E-state index >= 15 is 8.78 Å². The maximum atomic E-state index is 15.8. The molecule has 0 aromatic heterocycles. The molecule has 5 rings (SSSR count). The van der Waals surface area contributed by atoms with E-state index in [0.717, 1.165) is 0 Å². The number of hydrogen-bond donors (Lipinski definition) is 4. The zero-order valence-corrected chi connectivity index (χ0v) is 24.4. The largest absolute Gasteiger partial charge is 0.429 e. The van der Waals surface area contributed by atoms with Gasteiger partial charge in [0.15, 0.2) is 12.0 Å². The van der Waals surface area contributed by atoms with Crippen molar-refractivity contribution in [3.63, 3.8) is 0 Å². The van der Waals surface area contributed by atoms with Crippen LogP contribution < -0.4 is 21.7 Å². The molecular formula is C30H28Cl2F2N4O4. The Labute approximate surface area is 250 Å². The van der Waals surface area contributed by atoms with Gasteiger partial charge < -0.3 is 15.8 Å². The van der Waals surface area contributed by atoms with Gasteiger partial charge in [0.25, 0.3) is 0 Å². The third-order valence-electron chi connectivity index (χ3n) is 7.65. The molecule has 2 aliphatic rings. The van der Waals surface area contributed by atoms with Crippen molar-refractivity contribution in [2.45, 2.75) is 50.8 Å². The second kappa shape index (κ2) is 10.8. The third kappa shape index (κ3) is 5.08. The highest BCUT2D eigenvalue weighted by molar-refractivity contribution is 6.31. The molecule has 1 spiro atoms. The predicted molar refractivity (Wildman–Crippen MR) is 156 cm³/mol.